The minimum atomic E-state index is -1.49. The number of hydrogen-bond acceptors (Lipinski definition) is 7. The van der Waals surface area contributed by atoms with Gasteiger partial charge >= 0.3 is 11.9 Å². The lowest BCUT2D eigenvalue weighted by molar-refractivity contribution is -0.327. The lowest BCUT2D eigenvalue weighted by Crippen LogP contribution is -2.77. The number of hydrogen-bond donors (Lipinski definition) is 3. The van der Waals surface area contributed by atoms with Crippen molar-refractivity contribution in [3.63, 3.8) is 0 Å². The average molecular weight is 919 g/mol. The van der Waals surface area contributed by atoms with E-state index in [0.717, 1.165) is 62.9 Å². The first-order chi connectivity index (χ1) is 32.1. The Morgan fingerprint density at radius 2 is 1.51 bits per heavy atom. The molecule has 3 spiro atoms. The van der Waals surface area contributed by atoms with E-state index in [1.54, 1.807) is 6.08 Å². The second-order valence-corrected chi connectivity index (χ2v) is 24.8. The van der Waals surface area contributed by atoms with Crippen LogP contribution in [0.3, 0.4) is 0 Å². The molecule has 6 saturated carbocycles. The van der Waals surface area contributed by atoms with Gasteiger partial charge in [-0.15, -0.1) is 0 Å². The standard InChI is InChI=1S/C60H86O7/c1-42(14-13-19-45-15-7-5-8-16-45)20-23-51(62)60-52(63)27-30-55(4,54(60)50(67-44(3)61)36-43(2)59(60,65)33-24-47-37-53(64)66-39-47)48-25-31-57(32-26-48)38-49(22-21-46-17-9-6-10-18-46)58(41-57)35-34-56(40-58)28-11-12-29-56/h5-10,15-18,37,42-43,48-52,54,62-63,65H,11-14,19-36,38-41H2,1-4H3/t42-,43-,48?,49+,50-,51+,52+,54+,55+,57?,58-,59-,60+/m1/s1. The summed E-state index contributed by atoms with van der Waals surface area (Å²) in [5.41, 5.74) is 1.77. The van der Waals surface area contributed by atoms with Gasteiger partial charge in [0.15, 0.2) is 0 Å². The number of aliphatic hydroxyl groups is 3. The van der Waals surface area contributed by atoms with Crippen molar-refractivity contribution in [3.8, 4) is 0 Å². The summed E-state index contributed by atoms with van der Waals surface area (Å²) in [5, 5.41) is 39.9. The predicted octanol–water partition coefficient (Wildman–Crippen LogP) is 12.5. The Morgan fingerprint density at radius 3 is 2.16 bits per heavy atom. The van der Waals surface area contributed by atoms with Crippen molar-refractivity contribution in [1.82, 2.24) is 0 Å². The van der Waals surface area contributed by atoms with E-state index in [1.807, 2.05) is 6.92 Å². The zero-order chi connectivity index (χ0) is 47.1. The van der Waals surface area contributed by atoms with E-state index < -0.39 is 40.7 Å². The fourth-order valence-corrected chi connectivity index (χ4v) is 17.8. The van der Waals surface area contributed by atoms with Crippen LogP contribution >= 0.6 is 0 Å². The molecule has 3 N–H and O–H groups in total. The monoisotopic (exact) mass is 919 g/mol. The molecule has 0 unspecified atom stereocenters. The summed E-state index contributed by atoms with van der Waals surface area (Å²) in [7, 11) is 0. The third-order valence-corrected chi connectivity index (χ3v) is 21.0. The van der Waals surface area contributed by atoms with Crippen molar-refractivity contribution < 1.29 is 34.4 Å². The number of rotatable bonds is 16. The fourth-order valence-electron chi connectivity index (χ4n) is 17.8. The topological polar surface area (TPSA) is 113 Å². The van der Waals surface area contributed by atoms with Gasteiger partial charge in [0.05, 0.1) is 23.2 Å². The van der Waals surface area contributed by atoms with Crippen molar-refractivity contribution >= 4 is 11.9 Å². The van der Waals surface area contributed by atoms with Gasteiger partial charge in [0.2, 0.25) is 0 Å². The second-order valence-electron chi connectivity index (χ2n) is 24.8. The van der Waals surface area contributed by atoms with Gasteiger partial charge < -0.3 is 24.8 Å². The SMILES string of the molecule is CC(=O)O[C@@H]1C[C@@H](C)[C@](O)(CCC2=CC(=O)OC2)[C@]2([C@@H](O)CC[C@H](C)CCCc3ccccc3)[C@@H]1[C@](C)(C1CCC3(CC1)C[C@H](CCc1ccccc1)[C@@]1(CCC4(CCCC4)C1)C3)CC[C@@H]2O. The van der Waals surface area contributed by atoms with Crippen LogP contribution in [-0.2, 0) is 31.9 Å². The molecule has 0 bridgehead atoms. The third kappa shape index (κ3) is 9.39. The van der Waals surface area contributed by atoms with Crippen LogP contribution in [0, 0.1) is 56.7 Å². The number of aryl methyl sites for hydroxylation is 2. The van der Waals surface area contributed by atoms with Gasteiger partial charge in [-0.25, -0.2) is 4.79 Å². The van der Waals surface area contributed by atoms with Crippen molar-refractivity contribution in [3.05, 3.63) is 83.4 Å². The first-order valence-corrected chi connectivity index (χ1v) is 27.3. The quantitative estimate of drug-likeness (QED) is 0.144. The summed E-state index contributed by atoms with van der Waals surface area (Å²) >= 11 is 0. The number of esters is 2. The largest absolute Gasteiger partial charge is 0.462 e. The lowest BCUT2D eigenvalue weighted by Gasteiger charge is -2.70. The molecule has 2 aromatic rings. The zero-order valence-electron chi connectivity index (χ0n) is 41.8. The summed E-state index contributed by atoms with van der Waals surface area (Å²) in [6.07, 6.45) is 25.4. The van der Waals surface area contributed by atoms with E-state index in [0.29, 0.717) is 60.2 Å². The van der Waals surface area contributed by atoms with Crippen LogP contribution in [0.2, 0.25) is 0 Å². The van der Waals surface area contributed by atoms with Crippen LogP contribution in [0.5, 0.6) is 0 Å². The highest BCUT2D eigenvalue weighted by atomic mass is 16.5. The molecule has 11 atom stereocenters. The van der Waals surface area contributed by atoms with Crippen LogP contribution in [0.15, 0.2) is 72.3 Å². The Balaban J connectivity index is 1.01. The molecular formula is C60H86O7. The Bertz CT molecular complexity index is 2030. The van der Waals surface area contributed by atoms with Gasteiger partial charge in [0.25, 0.3) is 0 Å². The normalized spacial score (nSPS) is 38.8. The highest BCUT2D eigenvalue weighted by Gasteiger charge is 2.74. The van der Waals surface area contributed by atoms with Gasteiger partial charge in [-0.1, -0.05) is 101 Å². The van der Waals surface area contributed by atoms with Crippen LogP contribution < -0.4 is 0 Å². The third-order valence-electron chi connectivity index (χ3n) is 21.0. The molecule has 7 nitrogen and oxygen atoms in total. The summed E-state index contributed by atoms with van der Waals surface area (Å²) in [4.78, 5) is 25.5. The molecule has 6 fully saturated rings. The number of fused-ring (bicyclic) bond motifs is 1. The second kappa shape index (κ2) is 19.7. The Hall–Kier alpha value is -3.00. The maximum atomic E-state index is 13.8. The minimum absolute atomic E-state index is 0.207. The molecular weight excluding hydrogens is 833 g/mol. The van der Waals surface area contributed by atoms with Crippen LogP contribution in [0.25, 0.3) is 0 Å². The highest BCUT2D eigenvalue weighted by Crippen LogP contribution is 2.74. The first-order valence-electron chi connectivity index (χ1n) is 27.3. The van der Waals surface area contributed by atoms with Gasteiger partial charge in [-0.05, 0) is 203 Å². The first kappa shape index (κ1) is 49.0. The molecule has 368 valence electrons. The molecule has 67 heavy (non-hydrogen) atoms. The lowest BCUT2D eigenvalue weighted by atomic mass is 9.37. The van der Waals surface area contributed by atoms with Crippen molar-refractivity contribution in [2.24, 2.45) is 56.7 Å². The molecule has 0 radical (unpaired) electrons. The van der Waals surface area contributed by atoms with E-state index in [-0.39, 0.29) is 24.5 Å². The van der Waals surface area contributed by atoms with Gasteiger partial charge in [-0.2, -0.15) is 0 Å². The number of benzene rings is 2. The molecule has 7 heteroatoms. The Kier molecular flexibility index (Phi) is 14.4. The molecule has 6 aliphatic carbocycles. The predicted molar refractivity (Wildman–Crippen MR) is 265 cm³/mol. The number of carbonyl (C=O) groups excluding carboxylic acids is 2. The molecule has 0 aromatic heterocycles. The number of aliphatic hydroxyl groups excluding tert-OH is 2. The molecule has 0 amide bonds. The van der Waals surface area contributed by atoms with Crippen molar-refractivity contribution in [2.75, 3.05) is 6.61 Å². The minimum Gasteiger partial charge on any atom is -0.462 e. The Morgan fingerprint density at radius 1 is 0.836 bits per heavy atom. The van der Waals surface area contributed by atoms with Crippen LogP contribution in [0.1, 0.15) is 187 Å². The summed E-state index contributed by atoms with van der Waals surface area (Å²) in [6, 6.07) is 21.8. The number of carbonyl (C=O) groups is 2. The fraction of sp³-hybridized carbons (Fsp3) is 0.733. The summed E-state index contributed by atoms with van der Waals surface area (Å²) < 4.78 is 11.8. The molecule has 9 rings (SSSR count). The van der Waals surface area contributed by atoms with Crippen molar-refractivity contribution in [2.45, 2.75) is 212 Å². The van der Waals surface area contributed by atoms with E-state index in [2.05, 4.69) is 74.5 Å². The smallest absolute Gasteiger partial charge is 0.331 e. The van der Waals surface area contributed by atoms with E-state index in [9.17, 15) is 24.9 Å². The maximum absolute atomic E-state index is 13.8. The van der Waals surface area contributed by atoms with Crippen LogP contribution in [0.4, 0.5) is 0 Å². The van der Waals surface area contributed by atoms with Gasteiger partial charge in [-0.3, -0.25) is 4.79 Å². The molecule has 7 aliphatic rings. The van der Waals surface area contributed by atoms with E-state index in [1.165, 1.54) is 95.1 Å². The Labute approximate surface area is 403 Å². The number of cyclic esters (lactones) is 1. The summed E-state index contributed by atoms with van der Waals surface area (Å²) in [5.74, 6) is -0.122. The molecule has 0 saturated heterocycles. The van der Waals surface area contributed by atoms with E-state index in [4.69, 9.17) is 9.47 Å². The average Bonchev–Trinajstić information content (AvgIpc) is 4.11. The summed E-state index contributed by atoms with van der Waals surface area (Å²) in [6.45, 7) is 8.40. The number of ether oxygens (including phenoxy) is 2. The molecule has 2 aromatic carbocycles. The molecule has 1 aliphatic heterocycles. The van der Waals surface area contributed by atoms with Crippen LogP contribution in [-0.4, -0.2) is 57.8 Å². The van der Waals surface area contributed by atoms with Crippen molar-refractivity contribution in [1.29, 1.82) is 0 Å². The molecule has 1 heterocycles. The maximum Gasteiger partial charge on any atom is 0.331 e. The van der Waals surface area contributed by atoms with Gasteiger partial charge in [0.1, 0.15) is 12.7 Å². The van der Waals surface area contributed by atoms with E-state index >= 15 is 0 Å². The zero-order valence-corrected chi connectivity index (χ0v) is 41.8. The van der Waals surface area contributed by atoms with Gasteiger partial charge in [0, 0.05) is 18.9 Å². The highest BCUT2D eigenvalue weighted by molar-refractivity contribution is 5.85.